The van der Waals surface area contributed by atoms with Crippen LogP contribution in [0.1, 0.15) is 5.56 Å². The number of hydrogen-bond donors (Lipinski definition) is 0. The standard InChI is InChI=1S/C18H17NO3/c1-21-17-11-7-6-10-15(17)19-16(18(20)22-2)13-12-14-8-4-3-5-9-14/h3-13H,1-2H3/b13-12+,19-16?. The van der Waals surface area contributed by atoms with Gasteiger partial charge in [0, 0.05) is 0 Å². The normalized spacial score (nSPS) is 11.5. The molecule has 0 atom stereocenters. The van der Waals surface area contributed by atoms with Gasteiger partial charge in [0.1, 0.15) is 17.1 Å². The second-order valence-corrected chi connectivity index (χ2v) is 4.40. The molecule has 0 amide bonds. The number of benzene rings is 2. The molecule has 22 heavy (non-hydrogen) atoms. The minimum atomic E-state index is -0.502. The van der Waals surface area contributed by atoms with Gasteiger partial charge in [-0.15, -0.1) is 0 Å². The quantitative estimate of drug-likeness (QED) is 0.625. The summed E-state index contributed by atoms with van der Waals surface area (Å²) in [6, 6.07) is 16.9. The molecule has 112 valence electrons. The predicted octanol–water partition coefficient (Wildman–Crippen LogP) is 3.65. The van der Waals surface area contributed by atoms with Crippen LogP contribution in [0.15, 0.2) is 65.7 Å². The summed E-state index contributed by atoms with van der Waals surface area (Å²) in [6.07, 6.45) is 3.44. The highest BCUT2D eigenvalue weighted by Crippen LogP contribution is 2.26. The number of ether oxygens (including phenoxy) is 2. The zero-order chi connectivity index (χ0) is 15.8. The highest BCUT2D eigenvalue weighted by atomic mass is 16.5. The summed E-state index contributed by atoms with van der Waals surface area (Å²) >= 11 is 0. The van der Waals surface area contributed by atoms with Crippen LogP contribution in [0.25, 0.3) is 6.08 Å². The van der Waals surface area contributed by atoms with Crippen molar-refractivity contribution in [2.24, 2.45) is 4.99 Å². The molecule has 0 aliphatic heterocycles. The van der Waals surface area contributed by atoms with E-state index in [4.69, 9.17) is 9.47 Å². The van der Waals surface area contributed by atoms with Crippen LogP contribution in [0, 0.1) is 0 Å². The minimum Gasteiger partial charge on any atom is -0.494 e. The summed E-state index contributed by atoms with van der Waals surface area (Å²) in [5.41, 5.74) is 1.75. The van der Waals surface area contributed by atoms with Crippen molar-refractivity contribution in [3.63, 3.8) is 0 Å². The average Bonchev–Trinajstić information content (AvgIpc) is 2.59. The fourth-order valence-corrected chi connectivity index (χ4v) is 1.85. The molecule has 0 saturated carbocycles. The van der Waals surface area contributed by atoms with Crippen LogP contribution in [-0.2, 0) is 9.53 Å². The van der Waals surface area contributed by atoms with Crippen molar-refractivity contribution in [3.05, 3.63) is 66.2 Å². The second kappa shape index (κ2) is 7.78. The maximum atomic E-state index is 11.9. The molecule has 4 nitrogen and oxygen atoms in total. The lowest BCUT2D eigenvalue weighted by Gasteiger charge is -2.05. The van der Waals surface area contributed by atoms with Gasteiger partial charge in [-0.2, -0.15) is 0 Å². The molecule has 0 aliphatic carbocycles. The smallest absolute Gasteiger partial charge is 0.356 e. The van der Waals surface area contributed by atoms with Crippen molar-refractivity contribution < 1.29 is 14.3 Å². The molecule has 0 saturated heterocycles. The number of rotatable bonds is 5. The molecular formula is C18H17NO3. The van der Waals surface area contributed by atoms with Gasteiger partial charge in [0.2, 0.25) is 0 Å². The molecule has 0 spiro atoms. The van der Waals surface area contributed by atoms with Crippen LogP contribution in [0.4, 0.5) is 5.69 Å². The summed E-state index contributed by atoms with van der Waals surface area (Å²) in [5.74, 6) is 0.0927. The van der Waals surface area contributed by atoms with E-state index in [9.17, 15) is 4.79 Å². The third-order valence-corrected chi connectivity index (χ3v) is 2.95. The number of nitrogens with zero attached hydrogens (tertiary/aromatic N) is 1. The van der Waals surface area contributed by atoms with Crippen LogP contribution in [0.5, 0.6) is 5.75 Å². The van der Waals surface area contributed by atoms with Gasteiger partial charge in [-0.1, -0.05) is 48.5 Å². The Hall–Kier alpha value is -2.88. The lowest BCUT2D eigenvalue weighted by molar-refractivity contribution is -0.132. The Kier molecular flexibility index (Phi) is 5.49. The van der Waals surface area contributed by atoms with Crippen molar-refractivity contribution in [1.29, 1.82) is 0 Å². The molecule has 4 heteroatoms. The van der Waals surface area contributed by atoms with Gasteiger partial charge >= 0.3 is 5.97 Å². The van der Waals surface area contributed by atoms with E-state index in [0.29, 0.717) is 11.4 Å². The van der Waals surface area contributed by atoms with E-state index in [2.05, 4.69) is 4.99 Å². The molecule has 0 bridgehead atoms. The van der Waals surface area contributed by atoms with E-state index in [0.717, 1.165) is 5.56 Å². The van der Waals surface area contributed by atoms with E-state index in [1.54, 1.807) is 25.3 Å². The van der Waals surface area contributed by atoms with Gasteiger partial charge in [-0.05, 0) is 23.8 Å². The first-order chi connectivity index (χ1) is 10.7. The highest BCUT2D eigenvalue weighted by molar-refractivity contribution is 6.42. The van der Waals surface area contributed by atoms with Crippen LogP contribution in [-0.4, -0.2) is 25.9 Å². The summed E-state index contributed by atoms with van der Waals surface area (Å²) in [6.45, 7) is 0. The van der Waals surface area contributed by atoms with Gasteiger partial charge in [0.25, 0.3) is 0 Å². The number of esters is 1. The van der Waals surface area contributed by atoms with Crippen molar-refractivity contribution in [2.45, 2.75) is 0 Å². The van der Waals surface area contributed by atoms with Crippen molar-refractivity contribution in [2.75, 3.05) is 14.2 Å². The zero-order valence-corrected chi connectivity index (χ0v) is 12.5. The first kappa shape index (κ1) is 15.5. The van der Waals surface area contributed by atoms with Crippen LogP contribution in [0.2, 0.25) is 0 Å². The summed E-state index contributed by atoms with van der Waals surface area (Å²) in [5, 5.41) is 0. The van der Waals surface area contributed by atoms with Gasteiger partial charge in [-0.3, -0.25) is 0 Å². The van der Waals surface area contributed by atoms with Gasteiger partial charge in [0.15, 0.2) is 0 Å². The third-order valence-electron chi connectivity index (χ3n) is 2.95. The van der Waals surface area contributed by atoms with Gasteiger partial charge in [-0.25, -0.2) is 9.79 Å². The molecule has 2 aromatic carbocycles. The third kappa shape index (κ3) is 4.06. The summed E-state index contributed by atoms with van der Waals surface area (Å²) in [4.78, 5) is 16.2. The number of methoxy groups -OCH3 is 2. The molecule has 0 N–H and O–H groups in total. The molecule has 0 unspecified atom stereocenters. The largest absolute Gasteiger partial charge is 0.494 e. The molecule has 0 aromatic heterocycles. The maximum absolute atomic E-state index is 11.9. The number of aliphatic imine (C=N–C) groups is 1. The lowest BCUT2D eigenvalue weighted by Crippen LogP contribution is -2.12. The number of hydrogen-bond acceptors (Lipinski definition) is 4. The summed E-state index contributed by atoms with van der Waals surface area (Å²) in [7, 11) is 2.89. The molecule has 2 aromatic rings. The Bertz CT molecular complexity index is 690. The fourth-order valence-electron chi connectivity index (χ4n) is 1.85. The van der Waals surface area contributed by atoms with Gasteiger partial charge < -0.3 is 9.47 Å². The molecule has 0 aliphatic rings. The highest BCUT2D eigenvalue weighted by Gasteiger charge is 2.10. The molecule has 0 heterocycles. The Morgan fingerprint density at radius 3 is 2.36 bits per heavy atom. The molecule has 0 radical (unpaired) electrons. The minimum absolute atomic E-state index is 0.204. The van der Waals surface area contributed by atoms with Crippen LogP contribution < -0.4 is 4.74 Å². The second-order valence-electron chi connectivity index (χ2n) is 4.40. The van der Waals surface area contributed by atoms with Crippen molar-refractivity contribution >= 4 is 23.4 Å². The zero-order valence-electron chi connectivity index (χ0n) is 12.5. The van der Waals surface area contributed by atoms with E-state index in [1.807, 2.05) is 48.5 Å². The molecule has 0 fully saturated rings. The summed E-state index contributed by atoms with van der Waals surface area (Å²) < 4.78 is 10.0. The predicted molar refractivity (Wildman–Crippen MR) is 87.6 cm³/mol. The first-order valence-electron chi connectivity index (χ1n) is 6.77. The first-order valence-corrected chi connectivity index (χ1v) is 6.77. The van der Waals surface area contributed by atoms with Crippen LogP contribution >= 0.6 is 0 Å². The Morgan fingerprint density at radius 1 is 1.00 bits per heavy atom. The van der Waals surface area contributed by atoms with E-state index in [1.165, 1.54) is 7.11 Å². The van der Waals surface area contributed by atoms with Crippen molar-refractivity contribution in [3.8, 4) is 5.75 Å². The average molecular weight is 295 g/mol. The van der Waals surface area contributed by atoms with E-state index in [-0.39, 0.29) is 5.71 Å². The lowest BCUT2D eigenvalue weighted by atomic mass is 10.2. The SMILES string of the molecule is COC(=O)C(/C=C/c1ccccc1)=Nc1ccccc1OC. The topological polar surface area (TPSA) is 47.9 Å². The Balaban J connectivity index is 2.36. The van der Waals surface area contributed by atoms with E-state index >= 15 is 0 Å². The van der Waals surface area contributed by atoms with E-state index < -0.39 is 5.97 Å². The van der Waals surface area contributed by atoms with Crippen LogP contribution in [0.3, 0.4) is 0 Å². The molecular weight excluding hydrogens is 278 g/mol. The number of para-hydroxylation sites is 2. The monoisotopic (exact) mass is 295 g/mol. The van der Waals surface area contributed by atoms with Crippen molar-refractivity contribution in [1.82, 2.24) is 0 Å². The number of carbonyl (C=O) groups excluding carboxylic acids is 1. The fraction of sp³-hybridized carbons (Fsp3) is 0.111. The number of carbonyl (C=O) groups is 1. The Labute approximate surface area is 129 Å². The maximum Gasteiger partial charge on any atom is 0.356 e. The van der Waals surface area contributed by atoms with Gasteiger partial charge in [0.05, 0.1) is 14.2 Å². The molecule has 2 rings (SSSR count). The Morgan fingerprint density at radius 2 is 1.68 bits per heavy atom.